The van der Waals surface area contributed by atoms with E-state index >= 15 is 0 Å². The Kier molecular flexibility index (Phi) is 4.96. The van der Waals surface area contributed by atoms with Crippen LogP contribution in [0.4, 0.5) is 4.39 Å². The lowest BCUT2D eigenvalue weighted by Crippen LogP contribution is -2.32. The number of carbonyl (C=O) groups is 2. The average molecular weight is 422 g/mol. The van der Waals surface area contributed by atoms with Crippen molar-refractivity contribution in [2.75, 3.05) is 0 Å². The number of carboxylic acid groups (broad SMARTS) is 1. The summed E-state index contributed by atoms with van der Waals surface area (Å²) in [7, 11) is 0. The summed E-state index contributed by atoms with van der Waals surface area (Å²) in [5.74, 6) is -1.95. The maximum atomic E-state index is 13.2. The van der Waals surface area contributed by atoms with Gasteiger partial charge in [0.05, 0.1) is 0 Å². The van der Waals surface area contributed by atoms with Gasteiger partial charge in [-0.05, 0) is 41.3 Å². The molecule has 1 amide bonds. The van der Waals surface area contributed by atoms with Gasteiger partial charge in [0.15, 0.2) is 0 Å². The molecule has 1 aliphatic rings. The van der Waals surface area contributed by atoms with E-state index in [0.29, 0.717) is 11.3 Å². The predicted octanol–water partition coefficient (Wildman–Crippen LogP) is 4.28. The second kappa shape index (κ2) is 7.01. The molecule has 1 aliphatic heterocycles. The van der Waals surface area contributed by atoms with E-state index in [1.54, 1.807) is 29.7 Å². The zero-order chi connectivity index (χ0) is 18.0. The molecule has 25 heavy (non-hydrogen) atoms. The summed E-state index contributed by atoms with van der Waals surface area (Å²) in [6.45, 7) is 0. The fraction of sp³-hybridized carbons (Fsp3) is 0.111. The van der Waals surface area contributed by atoms with Crippen molar-refractivity contribution >= 4 is 39.6 Å². The van der Waals surface area contributed by atoms with Crippen LogP contribution in [0, 0.1) is 5.82 Å². The SMILES string of the molecule is O=C(NC1=CSC(C(=O)O)(c2ccc(Br)cc2)C1)c1cccc(F)c1. The predicted molar refractivity (Wildman–Crippen MR) is 97.6 cm³/mol. The molecule has 2 aromatic rings. The van der Waals surface area contributed by atoms with Crippen molar-refractivity contribution in [2.24, 2.45) is 0 Å². The van der Waals surface area contributed by atoms with Crippen molar-refractivity contribution in [3.8, 4) is 0 Å². The molecule has 0 radical (unpaired) electrons. The molecule has 128 valence electrons. The Bertz CT molecular complexity index is 869. The second-order valence-electron chi connectivity index (χ2n) is 5.54. The first-order valence-corrected chi connectivity index (χ1v) is 9.01. The van der Waals surface area contributed by atoms with Crippen molar-refractivity contribution in [3.63, 3.8) is 0 Å². The number of halogens is 2. The summed E-state index contributed by atoms with van der Waals surface area (Å²) >= 11 is 4.47. The van der Waals surface area contributed by atoms with Crippen molar-refractivity contribution in [3.05, 3.63) is 81.1 Å². The fourth-order valence-electron chi connectivity index (χ4n) is 2.58. The summed E-state index contributed by atoms with van der Waals surface area (Å²) in [5, 5.41) is 14.1. The topological polar surface area (TPSA) is 66.4 Å². The van der Waals surface area contributed by atoms with Gasteiger partial charge in [0.2, 0.25) is 0 Å². The van der Waals surface area contributed by atoms with Crippen molar-refractivity contribution in [1.82, 2.24) is 5.32 Å². The maximum Gasteiger partial charge on any atom is 0.325 e. The number of aliphatic carboxylic acids is 1. The van der Waals surface area contributed by atoms with Gasteiger partial charge in [0.25, 0.3) is 5.91 Å². The van der Waals surface area contributed by atoms with Crippen LogP contribution in [0.15, 0.2) is 64.1 Å². The molecule has 2 aromatic carbocycles. The van der Waals surface area contributed by atoms with Gasteiger partial charge >= 0.3 is 5.97 Å². The Hall–Kier alpha value is -2.12. The highest BCUT2D eigenvalue weighted by atomic mass is 79.9. The Balaban J connectivity index is 1.79. The van der Waals surface area contributed by atoms with Crippen LogP contribution in [0.5, 0.6) is 0 Å². The molecule has 0 aromatic heterocycles. The van der Waals surface area contributed by atoms with Crippen LogP contribution in [-0.4, -0.2) is 17.0 Å². The van der Waals surface area contributed by atoms with Gasteiger partial charge in [-0.3, -0.25) is 9.59 Å². The lowest BCUT2D eigenvalue weighted by molar-refractivity contribution is -0.140. The highest BCUT2D eigenvalue weighted by molar-refractivity contribution is 9.10. The number of carbonyl (C=O) groups excluding carboxylic acids is 1. The zero-order valence-electron chi connectivity index (χ0n) is 12.8. The zero-order valence-corrected chi connectivity index (χ0v) is 15.2. The number of allylic oxidation sites excluding steroid dienone is 1. The molecule has 0 spiro atoms. The Morgan fingerprint density at radius 3 is 2.56 bits per heavy atom. The van der Waals surface area contributed by atoms with Crippen molar-refractivity contribution in [1.29, 1.82) is 0 Å². The first-order chi connectivity index (χ1) is 11.9. The van der Waals surface area contributed by atoms with E-state index in [0.717, 1.165) is 22.3 Å². The van der Waals surface area contributed by atoms with Crippen LogP contribution in [0.1, 0.15) is 22.3 Å². The van der Waals surface area contributed by atoms with Crippen molar-refractivity contribution in [2.45, 2.75) is 11.2 Å². The quantitative estimate of drug-likeness (QED) is 0.772. The first kappa shape index (κ1) is 17.7. The summed E-state index contributed by atoms with van der Waals surface area (Å²) in [4.78, 5) is 24.2. The van der Waals surface area contributed by atoms with Gasteiger partial charge in [0.1, 0.15) is 10.6 Å². The van der Waals surface area contributed by atoms with E-state index in [9.17, 15) is 19.1 Å². The third-order valence-electron chi connectivity index (χ3n) is 3.86. The monoisotopic (exact) mass is 421 g/mol. The Morgan fingerprint density at radius 1 is 1.20 bits per heavy atom. The highest BCUT2D eigenvalue weighted by Crippen LogP contribution is 2.48. The number of thioether (sulfide) groups is 1. The number of hydrogen-bond donors (Lipinski definition) is 2. The van der Waals surface area contributed by atoms with Gasteiger partial charge < -0.3 is 10.4 Å². The third kappa shape index (κ3) is 3.62. The molecule has 1 heterocycles. The molecule has 0 saturated carbocycles. The lowest BCUT2D eigenvalue weighted by Gasteiger charge is -2.24. The van der Waals surface area contributed by atoms with Gasteiger partial charge in [-0.25, -0.2) is 4.39 Å². The molecule has 0 fully saturated rings. The molecule has 4 nitrogen and oxygen atoms in total. The molecule has 3 rings (SSSR count). The molecule has 0 aliphatic carbocycles. The molecule has 7 heteroatoms. The van der Waals surface area contributed by atoms with Gasteiger partial charge in [0, 0.05) is 22.2 Å². The molecular formula is C18H13BrFNO3S. The van der Waals surface area contributed by atoms with Gasteiger partial charge in [-0.15, -0.1) is 11.8 Å². The standard InChI is InChI=1S/C18H13BrFNO3S/c19-13-6-4-12(5-7-13)18(17(23)24)9-15(10-25-18)21-16(22)11-2-1-3-14(20)8-11/h1-8,10H,9H2,(H,21,22)(H,23,24). The van der Waals surface area contributed by atoms with Crippen LogP contribution in [-0.2, 0) is 9.54 Å². The van der Waals surface area contributed by atoms with Crippen LogP contribution in [0.25, 0.3) is 0 Å². The molecule has 0 bridgehead atoms. The minimum atomic E-state index is -1.19. The molecule has 1 atom stereocenters. The van der Waals surface area contributed by atoms with E-state index in [1.165, 1.54) is 18.2 Å². The van der Waals surface area contributed by atoms with E-state index in [2.05, 4.69) is 21.2 Å². The third-order valence-corrected chi connectivity index (χ3v) is 5.75. The van der Waals surface area contributed by atoms with E-state index < -0.39 is 22.4 Å². The Morgan fingerprint density at radius 2 is 1.92 bits per heavy atom. The summed E-state index contributed by atoms with van der Waals surface area (Å²) in [5.41, 5.74) is 1.31. The minimum Gasteiger partial charge on any atom is -0.480 e. The largest absolute Gasteiger partial charge is 0.480 e. The summed E-state index contributed by atoms with van der Waals surface area (Å²) in [6.07, 6.45) is 0.135. The molecule has 1 unspecified atom stereocenters. The number of hydrogen-bond acceptors (Lipinski definition) is 3. The van der Waals surface area contributed by atoms with Crippen LogP contribution < -0.4 is 5.32 Å². The highest BCUT2D eigenvalue weighted by Gasteiger charge is 2.45. The number of nitrogens with one attached hydrogen (secondary N) is 1. The maximum absolute atomic E-state index is 13.2. The van der Waals surface area contributed by atoms with Crippen LogP contribution >= 0.6 is 27.7 Å². The number of carboxylic acids is 1. The summed E-state index contributed by atoms with van der Waals surface area (Å²) in [6, 6.07) is 12.4. The molecule has 0 saturated heterocycles. The number of amides is 1. The van der Waals surface area contributed by atoms with Crippen LogP contribution in [0.3, 0.4) is 0 Å². The lowest BCUT2D eigenvalue weighted by atomic mass is 9.93. The Labute approximate surface area is 156 Å². The summed E-state index contributed by atoms with van der Waals surface area (Å²) < 4.78 is 12.9. The fourth-order valence-corrected chi connectivity index (χ4v) is 3.95. The van der Waals surface area contributed by atoms with E-state index in [-0.39, 0.29) is 12.0 Å². The number of rotatable bonds is 4. The van der Waals surface area contributed by atoms with Gasteiger partial charge in [-0.2, -0.15) is 0 Å². The van der Waals surface area contributed by atoms with Crippen LogP contribution in [0.2, 0.25) is 0 Å². The number of benzene rings is 2. The smallest absolute Gasteiger partial charge is 0.325 e. The minimum absolute atomic E-state index is 0.135. The molecule has 2 N–H and O–H groups in total. The first-order valence-electron chi connectivity index (χ1n) is 7.34. The second-order valence-corrected chi connectivity index (χ2v) is 7.63. The average Bonchev–Trinajstić information content (AvgIpc) is 3.00. The van der Waals surface area contributed by atoms with E-state index in [4.69, 9.17) is 0 Å². The normalized spacial score (nSPS) is 19.4. The van der Waals surface area contributed by atoms with E-state index in [1.807, 2.05) is 0 Å². The van der Waals surface area contributed by atoms with Crippen molar-refractivity contribution < 1.29 is 19.1 Å². The van der Waals surface area contributed by atoms with Gasteiger partial charge in [-0.1, -0.05) is 34.1 Å². The molecular weight excluding hydrogens is 409 g/mol.